The van der Waals surface area contributed by atoms with Crippen LogP contribution in [0.2, 0.25) is 0 Å². The second-order valence-corrected chi connectivity index (χ2v) is 2.45. The molecule has 0 aliphatic carbocycles. The number of rotatable bonds is 2. The average Bonchev–Trinajstić information content (AvgIpc) is 2.16. The first-order valence-electron chi connectivity index (χ1n) is 3.71. The monoisotopic (exact) mass is 237 g/mol. The third-order valence-corrected chi connectivity index (χ3v) is 1.63. The molecule has 6 heteroatoms. The van der Waals surface area contributed by atoms with E-state index in [4.69, 9.17) is 10.5 Å². The summed E-state index contributed by atoms with van der Waals surface area (Å²) in [5.41, 5.74) is 6.43. The molecule has 0 fully saturated rings. The summed E-state index contributed by atoms with van der Waals surface area (Å²) in [7, 11) is 2.79. The quantitative estimate of drug-likeness (QED) is 0.361. The maximum atomic E-state index is 11.2. The number of hydrogen-bond donors (Lipinski definition) is 1. The van der Waals surface area contributed by atoms with E-state index in [2.05, 4.69) is 4.74 Å². The number of carbonyl (C=O) groups excluding carboxylic acids is 1. The van der Waals surface area contributed by atoms with Crippen LogP contribution in [0.4, 0.5) is 5.69 Å². The minimum atomic E-state index is -0.433. The predicted molar refractivity (Wildman–Crippen MR) is 50.7 cm³/mol. The fraction of sp³-hybridized carbons (Fsp3) is 0.222. The van der Waals surface area contributed by atoms with Crippen LogP contribution < -0.4 is 61.9 Å². The minimum Gasteiger partial charge on any atom is -0.870 e. The van der Waals surface area contributed by atoms with Crippen LogP contribution in [0.1, 0.15) is 10.4 Å². The summed E-state index contributed by atoms with van der Waals surface area (Å²) in [5, 5.41) is 0. The van der Waals surface area contributed by atoms with Gasteiger partial charge in [-0.05, 0) is 12.1 Å². The van der Waals surface area contributed by atoms with E-state index in [1.165, 1.54) is 14.2 Å². The summed E-state index contributed by atoms with van der Waals surface area (Å²) >= 11 is 0. The Balaban J connectivity index is 0. The van der Waals surface area contributed by atoms with E-state index in [0.717, 1.165) is 0 Å². The van der Waals surface area contributed by atoms with Crippen molar-refractivity contribution in [2.75, 3.05) is 20.0 Å². The van der Waals surface area contributed by atoms with Crippen molar-refractivity contribution in [3.8, 4) is 5.75 Å². The van der Waals surface area contributed by atoms with Crippen LogP contribution in [-0.2, 0) is 4.74 Å². The van der Waals surface area contributed by atoms with Gasteiger partial charge in [0.1, 0.15) is 11.3 Å². The second kappa shape index (κ2) is 8.09. The number of ether oxygens (including phenoxy) is 2. The molecule has 0 aliphatic heterocycles. The molecule has 0 aromatic heterocycles. The Morgan fingerprint density at radius 3 is 2.40 bits per heavy atom. The van der Waals surface area contributed by atoms with Crippen LogP contribution in [0.5, 0.6) is 5.75 Å². The van der Waals surface area contributed by atoms with E-state index < -0.39 is 5.97 Å². The summed E-state index contributed by atoms with van der Waals surface area (Å²) in [4.78, 5) is 11.2. The van der Waals surface area contributed by atoms with Gasteiger partial charge in [0, 0.05) is 11.8 Å². The van der Waals surface area contributed by atoms with Gasteiger partial charge in [-0.3, -0.25) is 0 Å². The number of carbonyl (C=O) groups is 1. The van der Waals surface area contributed by atoms with Gasteiger partial charge in [-0.25, -0.2) is 4.79 Å². The molecular weight excluding hydrogens is 225 g/mol. The van der Waals surface area contributed by atoms with Gasteiger partial charge in [0.05, 0.1) is 14.2 Å². The number of benzene rings is 1. The first-order chi connectivity index (χ1) is 6.19. The van der Waals surface area contributed by atoms with E-state index in [9.17, 15) is 4.79 Å². The van der Waals surface area contributed by atoms with E-state index in [0.29, 0.717) is 17.0 Å². The number of esters is 1. The Kier molecular flexibility index (Phi) is 9.32. The molecule has 5 nitrogen and oxygen atoms in total. The summed E-state index contributed by atoms with van der Waals surface area (Å²) in [6, 6.07) is 4.76. The molecule has 1 aromatic rings. The summed E-state index contributed by atoms with van der Waals surface area (Å²) in [6.45, 7) is 0. The smallest absolute Gasteiger partial charge is 0.870 e. The fourth-order valence-corrected chi connectivity index (χ4v) is 0.986. The third kappa shape index (κ3) is 4.50. The van der Waals surface area contributed by atoms with E-state index in [1.807, 2.05) is 0 Å². The van der Waals surface area contributed by atoms with Crippen LogP contribution in [0.25, 0.3) is 0 Å². The topological polar surface area (TPSA) is 91.5 Å². The number of nitrogens with two attached hydrogens (primary N) is 1. The van der Waals surface area contributed by atoms with Crippen LogP contribution in [0.3, 0.4) is 0 Å². The van der Waals surface area contributed by atoms with Crippen LogP contribution in [0.15, 0.2) is 18.2 Å². The molecule has 0 saturated heterocycles. The zero-order chi connectivity index (χ0) is 9.84. The van der Waals surface area contributed by atoms with Gasteiger partial charge in [-0.1, -0.05) is 0 Å². The minimum absolute atomic E-state index is 0. The van der Waals surface area contributed by atoms with Gasteiger partial charge in [-0.2, -0.15) is 0 Å². The standard InChI is InChI=1S/C9H11NO3.K.H2O/c1-12-8-5-6(10)3-4-7(8)9(11)13-2;;/h3-5H,10H2,1-2H3;;1H2/q;+1;/p-1. The van der Waals surface area contributed by atoms with Gasteiger partial charge in [0.15, 0.2) is 0 Å². The van der Waals surface area contributed by atoms with Crippen molar-refractivity contribution in [3.63, 3.8) is 0 Å². The van der Waals surface area contributed by atoms with Crippen LogP contribution in [0, 0.1) is 0 Å². The molecule has 0 saturated carbocycles. The van der Waals surface area contributed by atoms with E-state index in [-0.39, 0.29) is 56.9 Å². The van der Waals surface area contributed by atoms with Crippen molar-refractivity contribution in [1.82, 2.24) is 0 Å². The van der Waals surface area contributed by atoms with Crippen molar-refractivity contribution in [3.05, 3.63) is 23.8 Å². The SMILES string of the molecule is COC(=O)c1ccc(N)cc1OC.[K+].[OH-]. The Hall–Kier alpha value is -0.114. The van der Waals surface area contributed by atoms with Crippen molar-refractivity contribution in [2.24, 2.45) is 0 Å². The fourth-order valence-electron chi connectivity index (χ4n) is 0.986. The molecule has 0 radical (unpaired) electrons. The molecule has 1 aromatic carbocycles. The van der Waals surface area contributed by atoms with E-state index >= 15 is 0 Å². The number of nitrogen functional groups attached to an aromatic ring is 1. The molecule has 0 aliphatic rings. The molecule has 0 bridgehead atoms. The predicted octanol–water partition coefficient (Wildman–Crippen LogP) is -2.11. The first-order valence-corrected chi connectivity index (χ1v) is 3.71. The van der Waals surface area contributed by atoms with Crippen molar-refractivity contribution in [2.45, 2.75) is 0 Å². The Morgan fingerprint density at radius 2 is 1.93 bits per heavy atom. The Labute approximate surface area is 131 Å². The molecule has 15 heavy (non-hydrogen) atoms. The molecule has 78 valence electrons. The number of methoxy groups -OCH3 is 2. The summed E-state index contributed by atoms with van der Waals surface area (Å²) < 4.78 is 9.53. The van der Waals surface area contributed by atoms with Crippen LogP contribution >= 0.6 is 0 Å². The molecule has 1 rings (SSSR count). The zero-order valence-electron chi connectivity index (χ0n) is 8.98. The number of anilines is 1. The molecule has 0 amide bonds. The van der Waals surface area contributed by atoms with Crippen molar-refractivity contribution in [1.29, 1.82) is 0 Å². The van der Waals surface area contributed by atoms with Gasteiger partial charge < -0.3 is 20.7 Å². The van der Waals surface area contributed by atoms with Crippen molar-refractivity contribution < 1.29 is 71.1 Å². The average molecular weight is 237 g/mol. The largest absolute Gasteiger partial charge is 1.00 e. The van der Waals surface area contributed by atoms with Gasteiger partial charge >= 0.3 is 57.4 Å². The molecular formula is C9H12KNO4. The normalized spacial score (nSPS) is 8.13. The molecule has 3 N–H and O–H groups in total. The maximum absolute atomic E-state index is 11.2. The maximum Gasteiger partial charge on any atom is 1.00 e. The Morgan fingerprint density at radius 1 is 1.33 bits per heavy atom. The first kappa shape index (κ1) is 17.3. The van der Waals surface area contributed by atoms with Gasteiger partial charge in [-0.15, -0.1) is 0 Å². The third-order valence-electron chi connectivity index (χ3n) is 1.63. The molecule has 0 spiro atoms. The summed E-state index contributed by atoms with van der Waals surface area (Å²) in [5.74, 6) is -0.0105. The molecule has 0 heterocycles. The molecule has 0 unspecified atom stereocenters. The van der Waals surface area contributed by atoms with Crippen molar-refractivity contribution >= 4 is 11.7 Å². The Bertz CT molecular complexity index is 330. The summed E-state index contributed by atoms with van der Waals surface area (Å²) in [6.07, 6.45) is 0. The van der Waals surface area contributed by atoms with Crippen LogP contribution in [-0.4, -0.2) is 25.7 Å². The van der Waals surface area contributed by atoms with Gasteiger partial charge in [0.2, 0.25) is 0 Å². The molecule has 0 atom stereocenters. The van der Waals surface area contributed by atoms with E-state index in [1.54, 1.807) is 18.2 Å². The second-order valence-electron chi connectivity index (χ2n) is 2.45. The van der Waals surface area contributed by atoms with Gasteiger partial charge in [0.25, 0.3) is 0 Å². The zero-order valence-corrected chi connectivity index (χ0v) is 12.1. The number of hydrogen-bond acceptors (Lipinski definition) is 5.